The molecule has 0 aliphatic carbocycles. The van der Waals surface area contributed by atoms with Gasteiger partial charge in [0, 0.05) is 37.3 Å². The SMILES string of the molecule is N#Cc1nc(-c2ccccc2Cl)oc1N1C[C@@H]2C[C@H](C1)c1cccc(=O)n1C2. The molecule has 0 saturated carbocycles. The van der Waals surface area contributed by atoms with Gasteiger partial charge in [-0.3, -0.25) is 4.79 Å². The van der Waals surface area contributed by atoms with Crippen LogP contribution in [-0.2, 0) is 6.54 Å². The molecule has 2 aliphatic rings. The molecule has 1 fully saturated rings. The molecule has 2 atom stereocenters. The number of fused-ring (bicyclic) bond motifs is 4. The number of nitrogens with zero attached hydrogens (tertiary/aromatic N) is 4. The van der Waals surface area contributed by atoms with Gasteiger partial charge in [-0.25, -0.2) is 0 Å². The summed E-state index contributed by atoms with van der Waals surface area (Å²) in [5, 5.41) is 10.1. The van der Waals surface area contributed by atoms with Gasteiger partial charge in [0.1, 0.15) is 6.07 Å². The lowest BCUT2D eigenvalue weighted by atomic mass is 9.83. The molecular weight excluding hydrogens is 376 g/mol. The molecular formula is C21H17ClN4O2. The molecule has 3 aromatic rings. The molecule has 2 aliphatic heterocycles. The van der Waals surface area contributed by atoms with Gasteiger partial charge in [-0.05, 0) is 30.5 Å². The summed E-state index contributed by atoms with van der Waals surface area (Å²) in [5.41, 5.74) is 2.04. The molecule has 2 bridgehead atoms. The molecule has 140 valence electrons. The Bertz CT molecular complexity index is 1160. The number of piperidine rings is 1. The highest BCUT2D eigenvalue weighted by atomic mass is 35.5. The number of oxazole rings is 1. The average Bonchev–Trinajstić information content (AvgIpc) is 3.13. The Labute approximate surface area is 166 Å². The number of hydrogen-bond donors (Lipinski definition) is 0. The maximum absolute atomic E-state index is 12.2. The minimum absolute atomic E-state index is 0.0547. The van der Waals surface area contributed by atoms with Crippen molar-refractivity contribution in [2.45, 2.75) is 18.9 Å². The predicted octanol–water partition coefficient (Wildman–Crippen LogP) is 3.65. The number of benzene rings is 1. The molecule has 0 radical (unpaired) electrons. The summed E-state index contributed by atoms with van der Waals surface area (Å²) >= 11 is 6.27. The van der Waals surface area contributed by atoms with E-state index in [-0.39, 0.29) is 17.2 Å². The van der Waals surface area contributed by atoms with Gasteiger partial charge in [0.05, 0.1) is 10.6 Å². The first kappa shape index (κ1) is 17.1. The first-order chi connectivity index (χ1) is 13.6. The Morgan fingerprint density at radius 1 is 1.14 bits per heavy atom. The lowest BCUT2D eigenvalue weighted by molar-refractivity contribution is 0.275. The molecule has 0 N–H and O–H groups in total. The smallest absolute Gasteiger partial charge is 0.250 e. The van der Waals surface area contributed by atoms with Crippen LogP contribution in [0.1, 0.15) is 23.7 Å². The third-order valence-electron chi connectivity index (χ3n) is 5.59. The number of halogens is 1. The van der Waals surface area contributed by atoms with Crippen molar-refractivity contribution in [3.63, 3.8) is 0 Å². The first-order valence-electron chi connectivity index (χ1n) is 9.24. The summed E-state index contributed by atoms with van der Waals surface area (Å²) in [5.74, 6) is 1.39. The maximum Gasteiger partial charge on any atom is 0.250 e. The third kappa shape index (κ3) is 2.71. The van der Waals surface area contributed by atoms with Gasteiger partial charge >= 0.3 is 0 Å². The monoisotopic (exact) mass is 392 g/mol. The fourth-order valence-corrected chi connectivity index (χ4v) is 4.63. The van der Waals surface area contributed by atoms with Gasteiger partial charge in [0.2, 0.25) is 17.5 Å². The molecule has 6 nitrogen and oxygen atoms in total. The second-order valence-electron chi connectivity index (χ2n) is 7.37. The zero-order valence-electron chi connectivity index (χ0n) is 15.0. The van der Waals surface area contributed by atoms with Crippen LogP contribution >= 0.6 is 11.6 Å². The van der Waals surface area contributed by atoms with Gasteiger partial charge < -0.3 is 13.9 Å². The Morgan fingerprint density at radius 2 is 2.00 bits per heavy atom. The zero-order chi connectivity index (χ0) is 19.3. The third-order valence-corrected chi connectivity index (χ3v) is 5.92. The molecule has 1 saturated heterocycles. The quantitative estimate of drug-likeness (QED) is 0.665. The van der Waals surface area contributed by atoms with Crippen LogP contribution in [0.25, 0.3) is 11.5 Å². The van der Waals surface area contributed by atoms with Crippen molar-refractivity contribution >= 4 is 17.5 Å². The van der Waals surface area contributed by atoms with E-state index >= 15 is 0 Å². The van der Waals surface area contributed by atoms with Crippen LogP contribution in [0.3, 0.4) is 0 Å². The Hall–Kier alpha value is -3.04. The molecule has 4 heterocycles. The Morgan fingerprint density at radius 3 is 2.82 bits per heavy atom. The van der Waals surface area contributed by atoms with Gasteiger partial charge in [-0.15, -0.1) is 0 Å². The number of aromatic nitrogens is 2. The van der Waals surface area contributed by atoms with Crippen molar-refractivity contribution in [3.8, 4) is 17.5 Å². The van der Waals surface area contributed by atoms with E-state index in [0.717, 1.165) is 18.7 Å². The van der Waals surface area contributed by atoms with Crippen molar-refractivity contribution in [1.82, 2.24) is 9.55 Å². The van der Waals surface area contributed by atoms with E-state index in [1.165, 1.54) is 0 Å². The summed E-state index contributed by atoms with van der Waals surface area (Å²) < 4.78 is 7.91. The summed E-state index contributed by atoms with van der Waals surface area (Å²) in [7, 11) is 0. The van der Waals surface area contributed by atoms with Crippen molar-refractivity contribution in [2.75, 3.05) is 18.0 Å². The molecule has 7 heteroatoms. The molecule has 1 aromatic carbocycles. The predicted molar refractivity (Wildman–Crippen MR) is 105 cm³/mol. The van der Waals surface area contributed by atoms with E-state index in [2.05, 4.69) is 16.0 Å². The molecule has 0 amide bonds. The molecule has 0 unspecified atom stereocenters. The second kappa shape index (κ2) is 6.54. The van der Waals surface area contributed by atoms with Crippen molar-refractivity contribution in [1.29, 1.82) is 5.26 Å². The molecule has 28 heavy (non-hydrogen) atoms. The van der Waals surface area contributed by atoms with Crippen LogP contribution in [0.4, 0.5) is 5.88 Å². The lowest BCUT2D eigenvalue weighted by Crippen LogP contribution is -2.47. The number of rotatable bonds is 2. The summed E-state index contributed by atoms with van der Waals surface area (Å²) in [4.78, 5) is 18.7. The van der Waals surface area contributed by atoms with Gasteiger partial charge in [0.25, 0.3) is 5.56 Å². The molecule has 5 rings (SSSR count). The van der Waals surface area contributed by atoms with Crippen LogP contribution in [0.5, 0.6) is 0 Å². The van der Waals surface area contributed by atoms with Crippen LogP contribution in [0, 0.1) is 17.2 Å². The van der Waals surface area contributed by atoms with E-state index in [4.69, 9.17) is 16.0 Å². The fourth-order valence-electron chi connectivity index (χ4n) is 4.41. The minimum atomic E-state index is 0.0547. The Balaban J connectivity index is 1.52. The Kier molecular flexibility index (Phi) is 3.99. The summed E-state index contributed by atoms with van der Waals surface area (Å²) in [6.45, 7) is 2.10. The number of hydrogen-bond acceptors (Lipinski definition) is 5. The molecule has 0 spiro atoms. The highest BCUT2D eigenvalue weighted by molar-refractivity contribution is 6.33. The van der Waals surface area contributed by atoms with Crippen LogP contribution in [-0.4, -0.2) is 22.6 Å². The van der Waals surface area contributed by atoms with Crippen molar-refractivity contribution in [2.24, 2.45) is 5.92 Å². The van der Waals surface area contributed by atoms with E-state index < -0.39 is 0 Å². The fraction of sp³-hybridized carbons (Fsp3) is 0.286. The maximum atomic E-state index is 12.2. The number of anilines is 1. The van der Waals surface area contributed by atoms with Crippen LogP contribution in [0.15, 0.2) is 51.7 Å². The van der Waals surface area contributed by atoms with E-state index in [1.807, 2.05) is 34.9 Å². The lowest BCUT2D eigenvalue weighted by Gasteiger charge is -2.42. The normalized spacial score (nSPS) is 20.5. The summed E-state index contributed by atoms with van der Waals surface area (Å²) in [6.07, 6.45) is 1.04. The van der Waals surface area contributed by atoms with Gasteiger partial charge in [-0.1, -0.05) is 29.8 Å². The topological polar surface area (TPSA) is 75.1 Å². The zero-order valence-corrected chi connectivity index (χ0v) is 15.8. The number of pyridine rings is 1. The largest absolute Gasteiger partial charge is 0.419 e. The van der Waals surface area contributed by atoms with Crippen molar-refractivity contribution in [3.05, 3.63) is 69.2 Å². The van der Waals surface area contributed by atoms with E-state index in [1.54, 1.807) is 12.1 Å². The first-order valence-corrected chi connectivity index (χ1v) is 9.62. The van der Waals surface area contributed by atoms with E-state index in [9.17, 15) is 10.1 Å². The molecule has 2 aromatic heterocycles. The standard InChI is InChI=1S/C21H17ClN4O2/c22-16-5-2-1-4-15(16)20-24-17(9-23)21(28-20)25-10-13-8-14(12-25)18-6-3-7-19(27)26(18)11-13/h1-7,13-14H,8,10-12H2/t13-,14+/m0/s1. The van der Waals surface area contributed by atoms with Crippen LogP contribution in [0.2, 0.25) is 5.02 Å². The average molecular weight is 393 g/mol. The summed E-state index contributed by atoms with van der Waals surface area (Å²) in [6, 6.07) is 14.9. The van der Waals surface area contributed by atoms with Gasteiger partial charge in [0.15, 0.2) is 0 Å². The highest BCUT2D eigenvalue weighted by Crippen LogP contribution is 2.39. The second-order valence-corrected chi connectivity index (χ2v) is 7.77. The van der Waals surface area contributed by atoms with E-state index in [0.29, 0.717) is 41.4 Å². The van der Waals surface area contributed by atoms with Gasteiger partial charge in [-0.2, -0.15) is 10.2 Å². The van der Waals surface area contributed by atoms with Crippen molar-refractivity contribution < 1.29 is 4.42 Å². The van der Waals surface area contributed by atoms with Crippen LogP contribution < -0.4 is 10.5 Å². The highest BCUT2D eigenvalue weighted by Gasteiger charge is 2.36. The number of nitriles is 1. The minimum Gasteiger partial charge on any atom is -0.419 e.